The van der Waals surface area contributed by atoms with Gasteiger partial charge in [0.25, 0.3) is 5.56 Å². The van der Waals surface area contributed by atoms with E-state index in [2.05, 4.69) is 21.1 Å². The normalized spacial score (nSPS) is 13.0. The molecule has 0 aliphatic carbocycles. The van der Waals surface area contributed by atoms with Crippen molar-refractivity contribution in [3.05, 3.63) is 46.4 Å². The Morgan fingerprint density at radius 1 is 1.21 bits per heavy atom. The molecule has 148 valence electrons. The average molecular weight is 388 g/mol. The second-order valence-electron chi connectivity index (χ2n) is 5.51. The molecule has 0 bridgehead atoms. The number of benzene rings is 1. The summed E-state index contributed by atoms with van der Waals surface area (Å²) in [5.41, 5.74) is -0.252. The molecule has 0 unspecified atom stereocenters. The third-order valence-electron chi connectivity index (χ3n) is 3.93. The van der Waals surface area contributed by atoms with Crippen LogP contribution in [0.1, 0.15) is 27.7 Å². The first-order valence-electron chi connectivity index (χ1n) is 9.15. The molecule has 3 aromatic rings. The number of halogens is 2. The number of aromatic nitrogens is 4. The van der Waals surface area contributed by atoms with Crippen LogP contribution >= 0.6 is 0 Å². The first-order valence-corrected chi connectivity index (χ1v) is 9.15. The maximum Gasteiger partial charge on any atom is 0.263 e. The zero-order valence-corrected chi connectivity index (χ0v) is 16.2. The lowest BCUT2D eigenvalue weighted by atomic mass is 10.0. The molecule has 9 heteroatoms. The highest BCUT2D eigenvalue weighted by Crippen LogP contribution is 2.23. The quantitative estimate of drug-likeness (QED) is 0.727. The Balaban J connectivity index is 0.000000660. The molecule has 1 N–H and O–H groups in total. The number of aromatic amines is 1. The molecule has 1 saturated heterocycles. The standard InChI is InChI=1S/C15H10F2N6O.2C2H6/c16-9-1-2-12(11(17)3-9)23-13-10(5-19-23)14(24)21-15(20-13)22-6-8(4-18)7-22;2*1-2/h1-3,5,8H,6-7H2,(H,20,21,24);2*1-2H3. The molecule has 3 heterocycles. The van der Waals surface area contributed by atoms with Crippen molar-refractivity contribution in [1.29, 1.82) is 5.26 Å². The molecule has 2 aromatic heterocycles. The van der Waals surface area contributed by atoms with E-state index in [-0.39, 0.29) is 22.6 Å². The highest BCUT2D eigenvalue weighted by molar-refractivity contribution is 5.76. The summed E-state index contributed by atoms with van der Waals surface area (Å²) in [7, 11) is 0. The van der Waals surface area contributed by atoms with Crippen molar-refractivity contribution in [2.75, 3.05) is 18.0 Å². The lowest BCUT2D eigenvalue weighted by molar-refractivity contribution is 0.494. The number of nitriles is 1. The number of anilines is 1. The molecule has 1 aliphatic heterocycles. The summed E-state index contributed by atoms with van der Waals surface area (Å²) >= 11 is 0. The van der Waals surface area contributed by atoms with Crippen LogP contribution in [0.2, 0.25) is 0 Å². The van der Waals surface area contributed by atoms with Gasteiger partial charge in [0, 0.05) is 19.2 Å². The average Bonchev–Trinajstić information content (AvgIpc) is 3.09. The maximum atomic E-state index is 14.0. The van der Waals surface area contributed by atoms with Crippen molar-refractivity contribution in [3.63, 3.8) is 0 Å². The Morgan fingerprint density at radius 2 is 1.89 bits per heavy atom. The van der Waals surface area contributed by atoms with Crippen LogP contribution in [0.15, 0.2) is 29.2 Å². The first kappa shape index (κ1) is 21.0. The Kier molecular flexibility index (Phi) is 6.82. The molecule has 1 fully saturated rings. The summed E-state index contributed by atoms with van der Waals surface area (Å²) in [6.45, 7) is 8.92. The molecular formula is C19H22F2N6O. The molecule has 0 radical (unpaired) electrons. The van der Waals surface area contributed by atoms with Crippen molar-refractivity contribution in [3.8, 4) is 11.8 Å². The monoisotopic (exact) mass is 388 g/mol. The zero-order valence-electron chi connectivity index (χ0n) is 16.2. The van der Waals surface area contributed by atoms with Crippen molar-refractivity contribution in [2.24, 2.45) is 5.92 Å². The van der Waals surface area contributed by atoms with Crippen LogP contribution < -0.4 is 10.5 Å². The predicted molar refractivity (Wildman–Crippen MR) is 103 cm³/mol. The van der Waals surface area contributed by atoms with Crippen LogP contribution in [-0.4, -0.2) is 32.8 Å². The van der Waals surface area contributed by atoms with E-state index in [4.69, 9.17) is 5.26 Å². The summed E-state index contributed by atoms with van der Waals surface area (Å²) in [4.78, 5) is 20.9. The molecule has 0 amide bonds. The second kappa shape index (κ2) is 9.08. The van der Waals surface area contributed by atoms with Gasteiger partial charge >= 0.3 is 0 Å². The van der Waals surface area contributed by atoms with E-state index < -0.39 is 17.2 Å². The van der Waals surface area contributed by atoms with Gasteiger partial charge in [-0.05, 0) is 12.1 Å². The van der Waals surface area contributed by atoms with Gasteiger partial charge in [-0.1, -0.05) is 27.7 Å². The van der Waals surface area contributed by atoms with Crippen LogP contribution in [0.5, 0.6) is 0 Å². The van der Waals surface area contributed by atoms with Gasteiger partial charge in [-0.25, -0.2) is 13.5 Å². The van der Waals surface area contributed by atoms with E-state index in [1.54, 1.807) is 4.90 Å². The van der Waals surface area contributed by atoms with Gasteiger partial charge in [-0.3, -0.25) is 9.78 Å². The van der Waals surface area contributed by atoms with Gasteiger partial charge in [-0.15, -0.1) is 0 Å². The van der Waals surface area contributed by atoms with E-state index in [1.165, 1.54) is 12.3 Å². The Labute approximate surface area is 161 Å². The van der Waals surface area contributed by atoms with Gasteiger partial charge in [0.1, 0.15) is 16.9 Å². The van der Waals surface area contributed by atoms with Crippen LogP contribution in [0.25, 0.3) is 16.7 Å². The van der Waals surface area contributed by atoms with Crippen LogP contribution in [0.3, 0.4) is 0 Å². The number of nitrogens with zero attached hydrogens (tertiary/aromatic N) is 5. The molecule has 0 spiro atoms. The number of fused-ring (bicyclic) bond motifs is 1. The van der Waals surface area contributed by atoms with Gasteiger partial charge in [0.15, 0.2) is 11.5 Å². The van der Waals surface area contributed by atoms with Crippen molar-refractivity contribution >= 4 is 17.0 Å². The van der Waals surface area contributed by atoms with Gasteiger partial charge < -0.3 is 4.90 Å². The summed E-state index contributed by atoms with van der Waals surface area (Å²) in [6.07, 6.45) is 1.28. The summed E-state index contributed by atoms with van der Waals surface area (Å²) in [6, 6.07) is 5.21. The Bertz CT molecular complexity index is 1050. The number of hydrogen-bond donors (Lipinski definition) is 1. The molecule has 0 atom stereocenters. The van der Waals surface area contributed by atoms with Crippen LogP contribution in [0, 0.1) is 28.9 Å². The number of H-pyrrole nitrogens is 1. The van der Waals surface area contributed by atoms with Gasteiger partial charge in [0.05, 0.1) is 18.2 Å². The topological polar surface area (TPSA) is 90.6 Å². The fraction of sp³-hybridized carbons (Fsp3) is 0.368. The summed E-state index contributed by atoms with van der Waals surface area (Å²) < 4.78 is 28.3. The Morgan fingerprint density at radius 3 is 2.50 bits per heavy atom. The lowest BCUT2D eigenvalue weighted by Gasteiger charge is -2.35. The number of rotatable bonds is 2. The third-order valence-corrected chi connectivity index (χ3v) is 3.93. The molecule has 28 heavy (non-hydrogen) atoms. The SMILES string of the molecule is CC.CC.N#CC1CN(c2nc3c(cnn3-c3ccc(F)cc3F)c(=O)[nH]2)C1. The minimum absolute atomic E-state index is 0.00559. The first-order chi connectivity index (χ1) is 13.6. The fourth-order valence-corrected chi connectivity index (χ4v) is 2.62. The van der Waals surface area contributed by atoms with E-state index in [0.717, 1.165) is 16.8 Å². The van der Waals surface area contributed by atoms with Crippen molar-refractivity contribution < 1.29 is 8.78 Å². The lowest BCUT2D eigenvalue weighted by Crippen LogP contribution is -2.47. The molecule has 1 aromatic carbocycles. The molecular weight excluding hydrogens is 366 g/mol. The van der Waals surface area contributed by atoms with E-state index in [0.29, 0.717) is 19.0 Å². The minimum Gasteiger partial charge on any atom is -0.340 e. The highest BCUT2D eigenvalue weighted by atomic mass is 19.1. The summed E-state index contributed by atoms with van der Waals surface area (Å²) in [5.74, 6) is -1.33. The zero-order chi connectivity index (χ0) is 20.8. The summed E-state index contributed by atoms with van der Waals surface area (Å²) in [5, 5.41) is 13.0. The predicted octanol–water partition coefficient (Wildman–Crippen LogP) is 3.40. The van der Waals surface area contributed by atoms with E-state index >= 15 is 0 Å². The van der Waals surface area contributed by atoms with Crippen LogP contribution in [-0.2, 0) is 0 Å². The minimum atomic E-state index is -0.808. The van der Waals surface area contributed by atoms with Crippen LogP contribution in [0.4, 0.5) is 14.7 Å². The van der Waals surface area contributed by atoms with Crippen molar-refractivity contribution in [1.82, 2.24) is 19.7 Å². The second-order valence-corrected chi connectivity index (χ2v) is 5.51. The van der Waals surface area contributed by atoms with E-state index in [1.807, 2.05) is 27.7 Å². The van der Waals surface area contributed by atoms with E-state index in [9.17, 15) is 13.6 Å². The maximum absolute atomic E-state index is 14.0. The van der Waals surface area contributed by atoms with Gasteiger partial charge in [-0.2, -0.15) is 15.3 Å². The Hall–Kier alpha value is -3.28. The molecule has 1 aliphatic rings. The smallest absolute Gasteiger partial charge is 0.263 e. The molecule has 4 rings (SSSR count). The van der Waals surface area contributed by atoms with Gasteiger partial charge in [0.2, 0.25) is 5.95 Å². The number of hydrogen-bond acceptors (Lipinski definition) is 5. The van der Waals surface area contributed by atoms with Crippen molar-refractivity contribution in [2.45, 2.75) is 27.7 Å². The highest BCUT2D eigenvalue weighted by Gasteiger charge is 2.29. The largest absolute Gasteiger partial charge is 0.340 e. The number of nitrogens with one attached hydrogen (secondary N) is 1. The molecule has 7 nitrogen and oxygen atoms in total. The third kappa shape index (κ3) is 3.86. The fourth-order valence-electron chi connectivity index (χ4n) is 2.62. The molecule has 0 saturated carbocycles.